The number of aliphatic hydroxyl groups excluding tert-OH is 2. The molecule has 0 bridgehead atoms. The van der Waals surface area contributed by atoms with Gasteiger partial charge in [-0.1, -0.05) is 89.6 Å². The number of hydrogen-bond acceptors (Lipinski definition) is 9. The first-order valence-electron chi connectivity index (χ1n) is 23.1. The van der Waals surface area contributed by atoms with Gasteiger partial charge in [-0.3, -0.25) is 10.2 Å². The number of aliphatic hydroxyl groups is 3. The third-order valence-electron chi connectivity index (χ3n) is 17.3. The molecule has 0 amide bonds. The maximum Gasteiger partial charge on any atom is 0.331 e. The molecule has 5 N–H and O–H groups in total. The quantitative estimate of drug-likeness (QED) is 0.127. The summed E-state index contributed by atoms with van der Waals surface area (Å²) < 4.78 is 12.4. The summed E-state index contributed by atoms with van der Waals surface area (Å²) in [5.74, 6) is -1.24. The van der Waals surface area contributed by atoms with Crippen molar-refractivity contribution in [3.63, 3.8) is 0 Å². The molecular formula is C48H72N2O7. The van der Waals surface area contributed by atoms with Gasteiger partial charge in [0.2, 0.25) is 0 Å². The number of esters is 2. The highest BCUT2D eigenvalue weighted by molar-refractivity contribution is 5.85. The second kappa shape index (κ2) is 16.3. The first-order chi connectivity index (χ1) is 27.3. The Kier molecular flexibility index (Phi) is 11.8. The largest absolute Gasteiger partial charge is 0.458 e. The summed E-state index contributed by atoms with van der Waals surface area (Å²) >= 11 is 0. The molecule has 7 aliphatic rings. The molecule has 0 aromatic heterocycles. The normalized spacial score (nSPS) is 39.8. The van der Waals surface area contributed by atoms with Crippen molar-refractivity contribution in [2.75, 3.05) is 6.61 Å². The molecule has 2 heterocycles. The molecule has 11 atom stereocenters. The molecule has 5 saturated carbocycles. The van der Waals surface area contributed by atoms with Gasteiger partial charge < -0.3 is 24.8 Å². The number of nitrogens with one attached hydrogen (secondary N) is 2. The van der Waals surface area contributed by atoms with Gasteiger partial charge in [-0.05, 0) is 130 Å². The minimum atomic E-state index is -1.53. The summed E-state index contributed by atoms with van der Waals surface area (Å²) in [7, 11) is 0. The van der Waals surface area contributed by atoms with Crippen LogP contribution < -0.4 is 10.9 Å². The van der Waals surface area contributed by atoms with Crippen LogP contribution in [0, 0.1) is 45.8 Å². The Bertz CT molecular complexity index is 1620. The van der Waals surface area contributed by atoms with Crippen LogP contribution in [0.2, 0.25) is 0 Å². The monoisotopic (exact) mass is 789 g/mol. The second-order valence-electron chi connectivity index (χ2n) is 20.7. The van der Waals surface area contributed by atoms with Crippen LogP contribution in [0.5, 0.6) is 0 Å². The van der Waals surface area contributed by atoms with Gasteiger partial charge in [0.25, 0.3) is 0 Å². The molecule has 6 fully saturated rings. The van der Waals surface area contributed by atoms with Gasteiger partial charge in [-0.2, -0.15) is 0 Å². The zero-order valence-corrected chi connectivity index (χ0v) is 35.1. The zero-order chi connectivity index (χ0) is 40.1. The Morgan fingerprint density at radius 3 is 2.44 bits per heavy atom. The van der Waals surface area contributed by atoms with E-state index in [1.807, 2.05) is 13.0 Å². The van der Waals surface area contributed by atoms with E-state index in [-0.39, 0.29) is 48.3 Å². The summed E-state index contributed by atoms with van der Waals surface area (Å²) in [5, 5.41) is 40.0. The van der Waals surface area contributed by atoms with E-state index in [2.05, 4.69) is 49.0 Å². The molecule has 5 aliphatic carbocycles. The Morgan fingerprint density at radius 1 is 0.965 bits per heavy atom. The van der Waals surface area contributed by atoms with Gasteiger partial charge in [-0.15, -0.1) is 0 Å². The maximum absolute atomic E-state index is 14.5. The second-order valence-corrected chi connectivity index (χ2v) is 20.7. The standard InChI is InChI=1S/C48H72N2O7/c1-32(13-12-16-34-14-6-4-7-15-34)19-20-39(51)48-40(52)22-25-44(3)37-29-45(23-10-11-24-45)30-38(37)49-50-47(43(44)48,57-42(54)36-17-8-5-9-18-36)28-33(2)46(48,55)26-21-35-27-41(53)56-31-35/h4,6-7,14-15,27,32-33,36-40,43,49-52,55H,5,8-13,16-26,28-31H2,1-3H3. The zero-order valence-electron chi connectivity index (χ0n) is 35.1. The van der Waals surface area contributed by atoms with E-state index >= 15 is 0 Å². The summed E-state index contributed by atoms with van der Waals surface area (Å²) in [5.41, 5.74) is 5.35. The molecule has 11 unspecified atom stereocenters. The number of hydrazine groups is 1. The summed E-state index contributed by atoms with van der Waals surface area (Å²) in [4.78, 5) is 26.7. The molecule has 1 spiro atoms. The van der Waals surface area contributed by atoms with Crippen molar-refractivity contribution in [1.29, 1.82) is 0 Å². The van der Waals surface area contributed by atoms with Gasteiger partial charge in [-0.25, -0.2) is 10.2 Å². The number of rotatable bonds is 13. The van der Waals surface area contributed by atoms with Crippen molar-refractivity contribution in [2.24, 2.45) is 45.8 Å². The first-order valence-corrected chi connectivity index (χ1v) is 23.1. The number of ether oxygens (including phenoxy) is 2. The summed E-state index contributed by atoms with van der Waals surface area (Å²) in [6.07, 6.45) is 17.7. The summed E-state index contributed by atoms with van der Waals surface area (Å²) in [6, 6.07) is 10.7. The van der Waals surface area contributed by atoms with Gasteiger partial charge >= 0.3 is 11.9 Å². The van der Waals surface area contributed by atoms with Crippen molar-refractivity contribution >= 4 is 11.9 Å². The first kappa shape index (κ1) is 41.4. The third kappa shape index (κ3) is 7.35. The topological polar surface area (TPSA) is 137 Å². The molecule has 57 heavy (non-hydrogen) atoms. The number of fused-ring (bicyclic) bond motifs is 2. The number of benzene rings is 1. The number of aryl methyl sites for hydroxylation is 1. The van der Waals surface area contributed by atoms with Crippen LogP contribution in [0.4, 0.5) is 0 Å². The Labute approximate surface area is 341 Å². The lowest BCUT2D eigenvalue weighted by Crippen LogP contribution is -2.82. The minimum Gasteiger partial charge on any atom is -0.458 e. The SMILES string of the molecule is CC(CCCc1ccccc1)CCC(O)C12C(O)CCC3(C)C4CC5(CCCC5)CC4NNC(OC(=O)C4CCCCC4)(CC(C)C1(O)CCC1=CC(=O)OC1)C32. The third-order valence-corrected chi connectivity index (χ3v) is 17.3. The fraction of sp³-hybridized carbons (Fsp3) is 0.792. The van der Waals surface area contributed by atoms with E-state index in [9.17, 15) is 24.9 Å². The fourth-order valence-electron chi connectivity index (χ4n) is 14.5. The van der Waals surface area contributed by atoms with Crippen LogP contribution >= 0.6 is 0 Å². The van der Waals surface area contributed by atoms with E-state index < -0.39 is 46.2 Å². The minimum absolute atomic E-state index is 0.147. The smallest absolute Gasteiger partial charge is 0.331 e. The van der Waals surface area contributed by atoms with E-state index in [0.29, 0.717) is 31.6 Å². The fourth-order valence-corrected chi connectivity index (χ4v) is 14.5. The molecule has 9 nitrogen and oxygen atoms in total. The predicted molar refractivity (Wildman–Crippen MR) is 219 cm³/mol. The molecule has 316 valence electrons. The Hall–Kier alpha value is -2.30. The van der Waals surface area contributed by atoms with Gasteiger partial charge in [0, 0.05) is 24.5 Å². The lowest BCUT2D eigenvalue weighted by molar-refractivity contribution is -0.352. The van der Waals surface area contributed by atoms with E-state index in [1.165, 1.54) is 37.3 Å². The highest BCUT2D eigenvalue weighted by Gasteiger charge is 2.80. The van der Waals surface area contributed by atoms with Gasteiger partial charge in [0.1, 0.15) is 6.61 Å². The molecule has 9 heteroatoms. The molecule has 0 radical (unpaired) electrons. The van der Waals surface area contributed by atoms with Gasteiger partial charge in [0.05, 0.1) is 29.1 Å². The Balaban J connectivity index is 1.20. The van der Waals surface area contributed by atoms with E-state index in [0.717, 1.165) is 82.6 Å². The molecule has 8 rings (SSSR count). The highest BCUT2D eigenvalue weighted by Crippen LogP contribution is 2.73. The van der Waals surface area contributed by atoms with Crippen molar-refractivity contribution in [1.82, 2.24) is 10.9 Å². The predicted octanol–water partition coefficient (Wildman–Crippen LogP) is 7.85. The van der Waals surface area contributed by atoms with E-state index in [4.69, 9.17) is 9.47 Å². The van der Waals surface area contributed by atoms with Gasteiger partial charge in [0.15, 0.2) is 5.72 Å². The van der Waals surface area contributed by atoms with Crippen LogP contribution in [-0.4, -0.2) is 63.4 Å². The van der Waals surface area contributed by atoms with Crippen LogP contribution in [0.25, 0.3) is 0 Å². The van der Waals surface area contributed by atoms with Crippen molar-refractivity contribution in [3.8, 4) is 0 Å². The van der Waals surface area contributed by atoms with E-state index in [1.54, 1.807) is 0 Å². The number of carbonyl (C=O) groups excluding carboxylic acids is 2. The number of carbonyl (C=O) groups is 2. The highest BCUT2D eigenvalue weighted by atomic mass is 16.6. The van der Waals surface area contributed by atoms with Crippen LogP contribution in [-0.2, 0) is 25.5 Å². The van der Waals surface area contributed by atoms with Crippen LogP contribution in [0.15, 0.2) is 42.0 Å². The van der Waals surface area contributed by atoms with Crippen LogP contribution in [0.1, 0.15) is 155 Å². The molecular weight excluding hydrogens is 717 g/mol. The molecule has 1 aromatic carbocycles. The van der Waals surface area contributed by atoms with Crippen LogP contribution in [0.3, 0.4) is 0 Å². The molecule has 1 saturated heterocycles. The molecule has 2 aliphatic heterocycles. The van der Waals surface area contributed by atoms with Crippen molar-refractivity contribution in [3.05, 3.63) is 47.5 Å². The Morgan fingerprint density at radius 2 is 1.72 bits per heavy atom. The average Bonchev–Trinajstić information content (AvgIpc) is 3.94. The lowest BCUT2D eigenvalue weighted by atomic mass is 9.36. The maximum atomic E-state index is 14.5. The average molecular weight is 789 g/mol. The lowest BCUT2D eigenvalue weighted by Gasteiger charge is -2.72. The summed E-state index contributed by atoms with van der Waals surface area (Å²) in [6.45, 7) is 6.84. The van der Waals surface area contributed by atoms with Crippen molar-refractivity contribution < 1.29 is 34.4 Å². The van der Waals surface area contributed by atoms with Crippen molar-refractivity contribution in [2.45, 2.75) is 185 Å². The molecule has 1 aromatic rings. The number of hydrogen-bond donors (Lipinski definition) is 5. The number of cyclic esters (lactones) is 1.